The number of nitrogen functional groups attached to an aromatic ring is 1. The van der Waals surface area contributed by atoms with E-state index in [9.17, 15) is 4.79 Å². The molecular weight excluding hydrogens is 286 g/mol. The molecule has 0 bridgehead atoms. The van der Waals surface area contributed by atoms with Crippen LogP contribution < -0.4 is 10.5 Å². The minimum absolute atomic E-state index is 0.243. The van der Waals surface area contributed by atoms with Crippen LogP contribution in [0.5, 0.6) is 5.75 Å². The van der Waals surface area contributed by atoms with Crippen molar-refractivity contribution in [2.24, 2.45) is 7.05 Å². The molecule has 0 aliphatic heterocycles. The number of carbonyl (C=O) groups excluding carboxylic acids is 1. The largest absolute Gasteiger partial charge is 0.422 e. The first-order valence-electron chi connectivity index (χ1n) is 4.83. The van der Waals surface area contributed by atoms with Gasteiger partial charge in [0.2, 0.25) is 0 Å². The number of hydrogen-bond acceptors (Lipinski definition) is 4. The molecule has 0 aliphatic carbocycles. The molecule has 1 aromatic carbocycles. The number of carbonyl (C=O) groups is 1. The number of benzene rings is 1. The Labute approximate surface area is 106 Å². The van der Waals surface area contributed by atoms with Gasteiger partial charge in [0.15, 0.2) is 5.69 Å². The van der Waals surface area contributed by atoms with E-state index in [1.165, 1.54) is 10.9 Å². The number of nitrogens with zero attached hydrogens (tertiary/aromatic N) is 2. The molecule has 6 heteroatoms. The Morgan fingerprint density at radius 1 is 1.41 bits per heavy atom. The summed E-state index contributed by atoms with van der Waals surface area (Å²) in [7, 11) is 1.63. The van der Waals surface area contributed by atoms with Crippen molar-refractivity contribution in [3.63, 3.8) is 0 Å². The highest BCUT2D eigenvalue weighted by atomic mass is 79.9. The predicted octanol–water partition coefficient (Wildman–Crippen LogP) is 1.98. The molecule has 17 heavy (non-hydrogen) atoms. The molecule has 2 aromatic rings. The summed E-state index contributed by atoms with van der Waals surface area (Å²) in [6, 6.07) is 6.95. The van der Waals surface area contributed by atoms with E-state index in [1.54, 1.807) is 31.3 Å². The maximum Gasteiger partial charge on any atom is 0.364 e. The van der Waals surface area contributed by atoms with Crippen LogP contribution in [-0.2, 0) is 7.05 Å². The zero-order chi connectivity index (χ0) is 12.4. The first-order chi connectivity index (χ1) is 8.08. The quantitative estimate of drug-likeness (QED) is 0.679. The van der Waals surface area contributed by atoms with Crippen molar-refractivity contribution in [2.75, 3.05) is 5.73 Å². The molecule has 5 nitrogen and oxygen atoms in total. The van der Waals surface area contributed by atoms with Gasteiger partial charge in [0, 0.05) is 11.5 Å². The molecule has 0 unspecified atom stereocenters. The first-order valence-corrected chi connectivity index (χ1v) is 5.62. The summed E-state index contributed by atoms with van der Waals surface area (Å²) >= 11 is 3.30. The molecule has 2 rings (SSSR count). The second-order valence-electron chi connectivity index (χ2n) is 3.42. The fraction of sp³-hybridized carbons (Fsp3) is 0.0909. The van der Waals surface area contributed by atoms with Crippen LogP contribution in [0.3, 0.4) is 0 Å². The zero-order valence-electron chi connectivity index (χ0n) is 9.05. The molecule has 2 N–H and O–H groups in total. The number of aromatic nitrogens is 2. The van der Waals surface area contributed by atoms with E-state index in [-0.39, 0.29) is 5.69 Å². The van der Waals surface area contributed by atoms with Crippen molar-refractivity contribution in [1.29, 1.82) is 0 Å². The van der Waals surface area contributed by atoms with E-state index in [2.05, 4.69) is 21.0 Å². The standard InChI is InChI=1S/C11H10BrN3O2/c1-15-10(9(13)6-14-15)11(16)17-8-4-2-7(12)3-5-8/h2-6H,13H2,1H3. The number of aryl methyl sites for hydroxylation is 1. The molecule has 0 aliphatic rings. The predicted molar refractivity (Wildman–Crippen MR) is 66.7 cm³/mol. The minimum atomic E-state index is -0.523. The Balaban J connectivity index is 2.20. The number of halogens is 1. The van der Waals surface area contributed by atoms with Crippen molar-refractivity contribution in [2.45, 2.75) is 0 Å². The van der Waals surface area contributed by atoms with Crippen molar-refractivity contribution in [3.8, 4) is 5.75 Å². The van der Waals surface area contributed by atoms with Gasteiger partial charge < -0.3 is 10.5 Å². The normalized spacial score (nSPS) is 10.2. The van der Waals surface area contributed by atoms with Crippen molar-refractivity contribution >= 4 is 27.6 Å². The van der Waals surface area contributed by atoms with E-state index < -0.39 is 5.97 Å². The third-order valence-corrected chi connectivity index (χ3v) is 2.71. The highest BCUT2D eigenvalue weighted by molar-refractivity contribution is 9.10. The summed E-state index contributed by atoms with van der Waals surface area (Å²) in [6.45, 7) is 0. The summed E-state index contributed by atoms with van der Waals surface area (Å²) in [4.78, 5) is 11.8. The Bertz CT molecular complexity index is 529. The zero-order valence-corrected chi connectivity index (χ0v) is 10.6. The third kappa shape index (κ3) is 2.47. The van der Waals surface area contributed by atoms with Gasteiger partial charge in [-0.1, -0.05) is 15.9 Å². The highest BCUT2D eigenvalue weighted by Gasteiger charge is 2.17. The molecule has 88 valence electrons. The number of rotatable bonds is 2. The molecule has 1 aromatic heterocycles. The van der Waals surface area contributed by atoms with Gasteiger partial charge in [-0.2, -0.15) is 5.10 Å². The molecule has 0 saturated carbocycles. The van der Waals surface area contributed by atoms with Crippen LogP contribution in [0, 0.1) is 0 Å². The van der Waals surface area contributed by atoms with E-state index in [4.69, 9.17) is 10.5 Å². The Hall–Kier alpha value is -1.82. The third-order valence-electron chi connectivity index (χ3n) is 2.18. The lowest BCUT2D eigenvalue weighted by Crippen LogP contribution is -2.15. The van der Waals surface area contributed by atoms with Crippen LogP contribution >= 0.6 is 15.9 Å². The second-order valence-corrected chi connectivity index (χ2v) is 4.33. The van der Waals surface area contributed by atoms with Crippen molar-refractivity contribution < 1.29 is 9.53 Å². The number of nitrogens with two attached hydrogens (primary N) is 1. The maximum absolute atomic E-state index is 11.8. The summed E-state index contributed by atoms with van der Waals surface area (Å²) in [6.07, 6.45) is 1.41. The smallest absolute Gasteiger partial charge is 0.364 e. The lowest BCUT2D eigenvalue weighted by Gasteiger charge is -2.05. The number of esters is 1. The lowest BCUT2D eigenvalue weighted by atomic mass is 10.3. The molecule has 0 saturated heterocycles. The average Bonchev–Trinajstić information content (AvgIpc) is 2.62. The molecule has 0 spiro atoms. The highest BCUT2D eigenvalue weighted by Crippen LogP contribution is 2.18. The molecule has 1 heterocycles. The van der Waals surface area contributed by atoms with Gasteiger partial charge in [0.05, 0.1) is 11.9 Å². The van der Waals surface area contributed by atoms with E-state index in [1.807, 2.05) is 0 Å². The summed E-state index contributed by atoms with van der Waals surface area (Å²) in [5.74, 6) is -0.0661. The van der Waals surface area contributed by atoms with Gasteiger partial charge >= 0.3 is 5.97 Å². The van der Waals surface area contributed by atoms with Crippen LogP contribution in [0.2, 0.25) is 0 Å². The van der Waals surface area contributed by atoms with Crippen LogP contribution in [0.15, 0.2) is 34.9 Å². The minimum Gasteiger partial charge on any atom is -0.422 e. The summed E-state index contributed by atoms with van der Waals surface area (Å²) in [5, 5.41) is 3.88. The first kappa shape index (κ1) is 11.7. The van der Waals surface area contributed by atoms with Gasteiger partial charge in [-0.15, -0.1) is 0 Å². The molecule has 0 fully saturated rings. The maximum atomic E-state index is 11.8. The van der Waals surface area contributed by atoms with Crippen LogP contribution in [-0.4, -0.2) is 15.7 Å². The fourth-order valence-corrected chi connectivity index (χ4v) is 1.63. The molecule has 0 amide bonds. The Morgan fingerprint density at radius 3 is 2.59 bits per heavy atom. The van der Waals surface area contributed by atoms with E-state index in [0.29, 0.717) is 11.4 Å². The van der Waals surface area contributed by atoms with E-state index >= 15 is 0 Å². The number of hydrogen-bond donors (Lipinski definition) is 1. The topological polar surface area (TPSA) is 70.1 Å². The molecular formula is C11H10BrN3O2. The van der Waals surface area contributed by atoms with Gasteiger partial charge in [0.1, 0.15) is 5.75 Å². The monoisotopic (exact) mass is 295 g/mol. The van der Waals surface area contributed by atoms with Crippen LogP contribution in [0.1, 0.15) is 10.5 Å². The average molecular weight is 296 g/mol. The van der Waals surface area contributed by atoms with Crippen molar-refractivity contribution in [3.05, 3.63) is 40.6 Å². The van der Waals surface area contributed by atoms with Gasteiger partial charge in [0.25, 0.3) is 0 Å². The summed E-state index contributed by atoms with van der Waals surface area (Å²) < 4.78 is 7.47. The van der Waals surface area contributed by atoms with Crippen LogP contribution in [0.4, 0.5) is 5.69 Å². The van der Waals surface area contributed by atoms with Crippen LogP contribution in [0.25, 0.3) is 0 Å². The Morgan fingerprint density at radius 2 is 2.06 bits per heavy atom. The van der Waals surface area contributed by atoms with Crippen molar-refractivity contribution in [1.82, 2.24) is 9.78 Å². The number of ether oxygens (including phenoxy) is 1. The molecule has 0 radical (unpaired) electrons. The van der Waals surface area contributed by atoms with Gasteiger partial charge in [-0.05, 0) is 24.3 Å². The van der Waals surface area contributed by atoms with Gasteiger partial charge in [-0.25, -0.2) is 4.79 Å². The lowest BCUT2D eigenvalue weighted by molar-refractivity contribution is 0.0724. The van der Waals surface area contributed by atoms with E-state index in [0.717, 1.165) is 4.47 Å². The summed E-state index contributed by atoms with van der Waals surface area (Å²) in [5.41, 5.74) is 6.17. The SMILES string of the molecule is Cn1ncc(N)c1C(=O)Oc1ccc(Br)cc1. The second kappa shape index (κ2) is 4.58. The number of anilines is 1. The Kier molecular flexibility index (Phi) is 3.14. The molecule has 0 atom stereocenters. The fourth-order valence-electron chi connectivity index (χ4n) is 1.36. The van der Waals surface area contributed by atoms with Gasteiger partial charge in [-0.3, -0.25) is 4.68 Å².